The van der Waals surface area contributed by atoms with Crippen molar-refractivity contribution in [3.63, 3.8) is 0 Å². The summed E-state index contributed by atoms with van der Waals surface area (Å²) in [6.45, 7) is 0. The van der Waals surface area contributed by atoms with Crippen molar-refractivity contribution in [2.75, 3.05) is 0 Å². The summed E-state index contributed by atoms with van der Waals surface area (Å²) in [6.07, 6.45) is 1.45. The minimum absolute atomic E-state index is 0. The first-order valence-corrected chi connectivity index (χ1v) is 9.12. The fourth-order valence-corrected chi connectivity index (χ4v) is 2.98. The smallest absolute Gasteiger partial charge is 0.354 e. The molecule has 1 N–H and O–H groups in total. The predicted molar refractivity (Wildman–Crippen MR) is 115 cm³/mol. The van der Waals surface area contributed by atoms with Crippen LogP contribution in [0.1, 0.15) is 10.5 Å². The normalized spacial score (nSPS) is 10.0. The van der Waals surface area contributed by atoms with Crippen LogP contribution < -0.4 is 0 Å². The molecule has 0 atom stereocenters. The number of aromatic carboxylic acids is 1. The molecule has 0 aliphatic carbocycles. The van der Waals surface area contributed by atoms with Gasteiger partial charge < -0.3 is 5.11 Å². The minimum Gasteiger partial charge on any atom is -0.477 e. The molecular formula is C25H17IrN2O2-. The first-order valence-electron chi connectivity index (χ1n) is 9.12. The van der Waals surface area contributed by atoms with Gasteiger partial charge in [0.15, 0.2) is 0 Å². The van der Waals surface area contributed by atoms with Gasteiger partial charge in [0, 0.05) is 26.3 Å². The molecule has 30 heavy (non-hydrogen) atoms. The molecule has 0 bridgehead atoms. The number of hydrogen-bond donors (Lipinski definition) is 1. The van der Waals surface area contributed by atoms with Crippen LogP contribution in [0.5, 0.6) is 0 Å². The maximum absolute atomic E-state index is 10.1. The van der Waals surface area contributed by atoms with Gasteiger partial charge in [-0.15, -0.1) is 29.1 Å². The molecule has 2 heterocycles. The van der Waals surface area contributed by atoms with Crippen LogP contribution in [0.4, 0.5) is 0 Å². The van der Waals surface area contributed by atoms with Crippen molar-refractivity contribution in [3.8, 4) is 11.3 Å². The Morgan fingerprint density at radius 3 is 2.20 bits per heavy atom. The van der Waals surface area contributed by atoms with Gasteiger partial charge in [-0.05, 0) is 29.3 Å². The van der Waals surface area contributed by atoms with Gasteiger partial charge in [0.25, 0.3) is 0 Å². The van der Waals surface area contributed by atoms with Crippen molar-refractivity contribution in [2.24, 2.45) is 0 Å². The van der Waals surface area contributed by atoms with Crippen molar-refractivity contribution in [1.29, 1.82) is 0 Å². The molecule has 0 unspecified atom stereocenters. The second kappa shape index (κ2) is 9.88. The Bertz CT molecular complexity index is 1210. The summed E-state index contributed by atoms with van der Waals surface area (Å²) in [6, 6.07) is 32.9. The third-order valence-electron chi connectivity index (χ3n) is 4.44. The van der Waals surface area contributed by atoms with E-state index in [2.05, 4.69) is 53.5 Å². The van der Waals surface area contributed by atoms with Crippen molar-refractivity contribution in [3.05, 3.63) is 109 Å². The van der Waals surface area contributed by atoms with Gasteiger partial charge in [0.1, 0.15) is 5.69 Å². The second-order valence-electron chi connectivity index (χ2n) is 6.38. The molecule has 0 aliphatic rings. The molecule has 149 valence electrons. The molecule has 0 amide bonds. The summed E-state index contributed by atoms with van der Waals surface area (Å²) in [5.41, 5.74) is 3.10. The summed E-state index contributed by atoms with van der Waals surface area (Å²) in [5, 5.41) is 11.9. The molecule has 2 aromatic heterocycles. The van der Waals surface area contributed by atoms with Gasteiger partial charge >= 0.3 is 5.97 Å². The van der Waals surface area contributed by atoms with E-state index in [1.807, 2.05) is 30.3 Å². The molecule has 4 nitrogen and oxygen atoms in total. The average Bonchev–Trinajstić information content (AvgIpc) is 2.79. The zero-order valence-corrected chi connectivity index (χ0v) is 18.2. The quantitative estimate of drug-likeness (QED) is 0.280. The van der Waals surface area contributed by atoms with Crippen LogP contribution in [0.2, 0.25) is 0 Å². The molecule has 1 radical (unpaired) electrons. The first kappa shape index (κ1) is 21.3. The van der Waals surface area contributed by atoms with Gasteiger partial charge in [0.05, 0.1) is 5.52 Å². The Kier molecular flexibility index (Phi) is 7.02. The Morgan fingerprint density at radius 2 is 1.50 bits per heavy atom. The minimum atomic E-state index is -0.990. The SMILES string of the molecule is O=C(O)c1ccccn1.[Ir].[c-]1cc2ccccc2cc1-c1ccc2ccccc2n1. The van der Waals surface area contributed by atoms with Crippen molar-refractivity contribution in [1.82, 2.24) is 9.97 Å². The van der Waals surface area contributed by atoms with Gasteiger partial charge in [-0.1, -0.05) is 66.0 Å². The van der Waals surface area contributed by atoms with E-state index in [1.54, 1.807) is 12.1 Å². The zero-order chi connectivity index (χ0) is 20.1. The zero-order valence-electron chi connectivity index (χ0n) is 15.8. The Morgan fingerprint density at radius 1 is 0.800 bits per heavy atom. The fraction of sp³-hybridized carbons (Fsp3) is 0. The van der Waals surface area contributed by atoms with Crippen LogP contribution in [-0.4, -0.2) is 21.0 Å². The van der Waals surface area contributed by atoms with E-state index >= 15 is 0 Å². The number of carbonyl (C=O) groups is 1. The topological polar surface area (TPSA) is 63.1 Å². The Balaban J connectivity index is 0.000000218. The number of fused-ring (bicyclic) bond motifs is 2. The molecule has 0 spiro atoms. The molecule has 0 saturated carbocycles. The van der Waals surface area contributed by atoms with Gasteiger partial charge in [0.2, 0.25) is 0 Å². The van der Waals surface area contributed by atoms with Crippen LogP contribution in [0, 0.1) is 6.07 Å². The number of hydrogen-bond acceptors (Lipinski definition) is 3. The molecule has 0 fully saturated rings. The number of pyridine rings is 2. The van der Waals surface area contributed by atoms with E-state index < -0.39 is 5.97 Å². The third-order valence-corrected chi connectivity index (χ3v) is 4.44. The largest absolute Gasteiger partial charge is 0.477 e. The maximum Gasteiger partial charge on any atom is 0.354 e. The van der Waals surface area contributed by atoms with E-state index in [1.165, 1.54) is 23.0 Å². The van der Waals surface area contributed by atoms with Gasteiger partial charge in [-0.25, -0.2) is 9.78 Å². The number of carboxylic acid groups (broad SMARTS) is 1. The molecule has 0 saturated heterocycles. The van der Waals surface area contributed by atoms with E-state index in [4.69, 9.17) is 10.1 Å². The van der Waals surface area contributed by atoms with Crippen LogP contribution in [0.3, 0.4) is 0 Å². The number of rotatable bonds is 2. The molecule has 5 rings (SSSR count). The van der Waals surface area contributed by atoms with Crippen LogP contribution >= 0.6 is 0 Å². The predicted octanol–water partition coefficient (Wildman–Crippen LogP) is 5.63. The monoisotopic (exact) mass is 570 g/mol. The van der Waals surface area contributed by atoms with E-state index in [0.29, 0.717) is 0 Å². The molecule has 5 heteroatoms. The van der Waals surface area contributed by atoms with Crippen molar-refractivity contribution < 1.29 is 30.0 Å². The summed E-state index contributed by atoms with van der Waals surface area (Å²) in [5.74, 6) is -0.990. The standard InChI is InChI=1S/C19H12N.C6H5NO2.Ir/c1-2-7-16-13-17(10-9-14(16)5-1)19-12-11-15-6-3-4-8-18(15)20-19;8-6(9)5-3-1-2-4-7-5;/h1-9,11-13H;1-4H,(H,8,9);/q-1;;. The average molecular weight is 570 g/mol. The number of para-hydroxylation sites is 1. The summed E-state index contributed by atoms with van der Waals surface area (Å²) >= 11 is 0. The maximum atomic E-state index is 10.1. The van der Waals surface area contributed by atoms with E-state index in [9.17, 15) is 4.79 Å². The number of aromatic nitrogens is 2. The number of nitrogens with zero attached hydrogens (tertiary/aromatic N) is 2. The Hall–Kier alpha value is -3.40. The summed E-state index contributed by atoms with van der Waals surface area (Å²) in [7, 11) is 0. The molecule has 0 aliphatic heterocycles. The van der Waals surface area contributed by atoms with Crippen LogP contribution in [0.15, 0.2) is 97.2 Å². The molecular weight excluding hydrogens is 553 g/mol. The molecule has 5 aromatic rings. The fourth-order valence-electron chi connectivity index (χ4n) is 2.98. The first-order chi connectivity index (χ1) is 14.2. The van der Waals surface area contributed by atoms with Crippen LogP contribution in [0.25, 0.3) is 32.9 Å². The van der Waals surface area contributed by atoms with E-state index in [-0.39, 0.29) is 25.8 Å². The number of benzene rings is 3. The molecule has 3 aromatic carbocycles. The summed E-state index contributed by atoms with van der Waals surface area (Å²) in [4.78, 5) is 18.4. The van der Waals surface area contributed by atoms with E-state index in [0.717, 1.165) is 22.2 Å². The second-order valence-corrected chi connectivity index (χ2v) is 6.38. The van der Waals surface area contributed by atoms with Crippen molar-refractivity contribution >= 4 is 27.6 Å². The summed E-state index contributed by atoms with van der Waals surface area (Å²) < 4.78 is 0. The Labute approximate surface area is 187 Å². The van der Waals surface area contributed by atoms with Crippen LogP contribution in [-0.2, 0) is 20.1 Å². The number of carboxylic acids is 1. The van der Waals surface area contributed by atoms with Gasteiger partial charge in [-0.3, -0.25) is 4.98 Å². The van der Waals surface area contributed by atoms with Gasteiger partial charge in [-0.2, -0.15) is 0 Å². The third kappa shape index (κ3) is 4.95. The van der Waals surface area contributed by atoms with Crippen molar-refractivity contribution in [2.45, 2.75) is 0 Å².